The first kappa shape index (κ1) is 23.5. The summed E-state index contributed by atoms with van der Waals surface area (Å²) in [5.74, 6) is -0.0235. The van der Waals surface area contributed by atoms with Crippen LogP contribution in [0.5, 0.6) is 0 Å². The maximum absolute atomic E-state index is 12.3. The van der Waals surface area contributed by atoms with Crippen molar-refractivity contribution >= 4 is 39.5 Å². The molecule has 0 aliphatic rings. The van der Waals surface area contributed by atoms with Gasteiger partial charge in [0, 0.05) is 31.7 Å². The lowest BCUT2D eigenvalue weighted by Gasteiger charge is -2.00. The third-order valence-electron chi connectivity index (χ3n) is 4.65. The normalized spacial score (nSPS) is 11.1. The van der Waals surface area contributed by atoms with Crippen LogP contribution in [0.1, 0.15) is 26.1 Å². The molecule has 4 rings (SSSR count). The minimum Gasteiger partial charge on any atom is -0.300 e. The van der Waals surface area contributed by atoms with Crippen molar-refractivity contribution < 1.29 is 9.59 Å². The van der Waals surface area contributed by atoms with Gasteiger partial charge in [0.1, 0.15) is 20.8 Å². The topological polar surface area (TPSA) is 111 Å². The van der Waals surface area contributed by atoms with E-state index in [9.17, 15) is 9.59 Å². The minimum atomic E-state index is -0.152. The van der Waals surface area contributed by atoms with Gasteiger partial charge in [0.25, 0.3) is 0 Å². The average molecular weight is 491 g/mol. The van der Waals surface area contributed by atoms with E-state index >= 15 is 0 Å². The third kappa shape index (κ3) is 7.46. The predicted octanol–water partition coefficient (Wildman–Crippen LogP) is 3.66. The lowest BCUT2D eigenvalue weighted by molar-refractivity contribution is -0.118. The summed E-state index contributed by atoms with van der Waals surface area (Å²) in [5.41, 5.74) is 1.85. The zero-order valence-electron chi connectivity index (χ0n) is 18.3. The van der Waals surface area contributed by atoms with E-state index in [4.69, 9.17) is 0 Å². The summed E-state index contributed by atoms with van der Waals surface area (Å²) < 4.78 is 0. The van der Waals surface area contributed by atoms with Gasteiger partial charge in [0.05, 0.1) is 12.8 Å². The summed E-state index contributed by atoms with van der Waals surface area (Å²) in [7, 11) is 0. The highest BCUT2D eigenvalue weighted by molar-refractivity contribution is 7.15. The molecule has 34 heavy (non-hydrogen) atoms. The van der Waals surface area contributed by atoms with Gasteiger partial charge < -0.3 is 5.32 Å². The first-order valence-corrected chi connectivity index (χ1v) is 12.3. The molecule has 4 aromatic rings. The van der Waals surface area contributed by atoms with Crippen molar-refractivity contribution in [2.24, 2.45) is 0 Å². The Kier molecular flexibility index (Phi) is 8.31. The van der Waals surface area contributed by atoms with Crippen LogP contribution in [0, 0.1) is 0 Å². The van der Waals surface area contributed by atoms with Crippen LogP contribution < -0.4 is 5.32 Å². The molecule has 3 aromatic heterocycles. The molecule has 3 heterocycles. The molecule has 0 aliphatic carbocycles. The largest absolute Gasteiger partial charge is 0.300 e. The van der Waals surface area contributed by atoms with Gasteiger partial charge >= 0.3 is 0 Å². The second kappa shape index (κ2) is 12.0. The fourth-order valence-electron chi connectivity index (χ4n) is 3.10. The van der Waals surface area contributed by atoms with E-state index in [0.717, 1.165) is 26.1 Å². The summed E-state index contributed by atoms with van der Waals surface area (Å²) >= 11 is 2.80. The molecule has 0 fully saturated rings. The van der Waals surface area contributed by atoms with Crippen LogP contribution in [0.4, 0.5) is 5.13 Å². The highest BCUT2D eigenvalue weighted by Crippen LogP contribution is 2.17. The number of nitrogens with zero attached hydrogens (tertiary/aromatic N) is 5. The molecular weight excluding hydrogens is 468 g/mol. The number of nitrogens with one attached hydrogen (secondary N) is 1. The molecule has 0 atom stereocenters. The Morgan fingerprint density at radius 2 is 1.47 bits per heavy atom. The highest BCUT2D eigenvalue weighted by Gasteiger charge is 2.11. The molecule has 172 valence electrons. The van der Waals surface area contributed by atoms with Gasteiger partial charge in [-0.25, -0.2) is 0 Å². The van der Waals surface area contributed by atoms with Crippen LogP contribution in [0.3, 0.4) is 0 Å². The standard InChI is InChI=1S/C24H22N6O2S2/c31-19(13-17-7-2-1-3-8-17)15-23-29-27-21(33-23)10-4-5-11-22-28-30-24(34-22)26-20(32)14-18-9-6-12-25-16-18/h1-9,12,16H,10-11,13-15H2,(H,26,30,32)/b5-4+. The van der Waals surface area contributed by atoms with Crippen molar-refractivity contribution in [1.82, 2.24) is 25.4 Å². The Morgan fingerprint density at radius 3 is 2.24 bits per heavy atom. The Hall–Kier alpha value is -3.63. The molecule has 1 N–H and O–H groups in total. The van der Waals surface area contributed by atoms with Crippen molar-refractivity contribution in [2.75, 3.05) is 5.32 Å². The number of hydrogen-bond acceptors (Lipinski definition) is 9. The zero-order chi connectivity index (χ0) is 23.6. The highest BCUT2D eigenvalue weighted by atomic mass is 32.1. The second-order valence-electron chi connectivity index (χ2n) is 7.43. The van der Waals surface area contributed by atoms with Gasteiger partial charge in [-0.3, -0.25) is 14.6 Å². The first-order valence-electron chi connectivity index (χ1n) is 10.7. The van der Waals surface area contributed by atoms with Gasteiger partial charge in [-0.2, -0.15) is 0 Å². The molecule has 8 nitrogen and oxygen atoms in total. The Balaban J connectivity index is 1.19. The van der Waals surface area contributed by atoms with Gasteiger partial charge in [-0.1, -0.05) is 59.9 Å². The molecular formula is C24H22N6O2S2. The molecule has 10 heteroatoms. The summed E-state index contributed by atoms with van der Waals surface area (Å²) in [5, 5.41) is 22.1. The molecule has 0 saturated heterocycles. The van der Waals surface area contributed by atoms with Crippen LogP contribution >= 0.6 is 22.7 Å². The number of rotatable bonds is 11. The molecule has 0 radical (unpaired) electrons. The van der Waals surface area contributed by atoms with Crippen molar-refractivity contribution in [1.29, 1.82) is 0 Å². The van der Waals surface area contributed by atoms with E-state index in [2.05, 4.69) is 30.7 Å². The molecule has 1 aromatic carbocycles. The van der Waals surface area contributed by atoms with E-state index in [1.807, 2.05) is 48.6 Å². The molecule has 0 unspecified atom stereocenters. The van der Waals surface area contributed by atoms with Crippen LogP contribution in [0.25, 0.3) is 0 Å². The van der Waals surface area contributed by atoms with Crippen LogP contribution in [-0.2, 0) is 41.7 Å². The zero-order valence-corrected chi connectivity index (χ0v) is 19.9. The second-order valence-corrected chi connectivity index (χ2v) is 9.64. The fourth-order valence-corrected chi connectivity index (χ4v) is 4.68. The van der Waals surface area contributed by atoms with E-state index in [-0.39, 0.29) is 18.1 Å². The van der Waals surface area contributed by atoms with E-state index < -0.39 is 0 Å². The van der Waals surface area contributed by atoms with Crippen LogP contribution in [0.15, 0.2) is 67.0 Å². The molecule has 0 bridgehead atoms. The van der Waals surface area contributed by atoms with Crippen molar-refractivity contribution in [2.45, 2.75) is 32.1 Å². The monoisotopic (exact) mass is 490 g/mol. The predicted molar refractivity (Wildman–Crippen MR) is 132 cm³/mol. The number of aromatic nitrogens is 5. The lowest BCUT2D eigenvalue weighted by Crippen LogP contribution is -2.14. The lowest BCUT2D eigenvalue weighted by atomic mass is 10.1. The molecule has 0 aliphatic heterocycles. The summed E-state index contributed by atoms with van der Waals surface area (Å²) in [4.78, 5) is 28.4. The smallest absolute Gasteiger partial charge is 0.230 e. The van der Waals surface area contributed by atoms with E-state index in [0.29, 0.717) is 30.8 Å². The minimum absolute atomic E-state index is 0.129. The SMILES string of the molecule is O=C(Cc1ccccc1)Cc1nnc(C/C=C/Cc2nnc(NC(=O)Cc3cccnc3)s2)s1. The number of ketones is 1. The van der Waals surface area contributed by atoms with Gasteiger partial charge in [-0.15, -0.1) is 31.7 Å². The van der Waals surface area contributed by atoms with Gasteiger partial charge in [0.2, 0.25) is 11.0 Å². The number of allylic oxidation sites excluding steroid dienone is 2. The number of hydrogen-bond donors (Lipinski definition) is 1. The van der Waals surface area contributed by atoms with Gasteiger partial charge in [0.15, 0.2) is 0 Å². The number of amides is 1. The van der Waals surface area contributed by atoms with E-state index in [1.54, 1.807) is 18.5 Å². The Bertz CT molecular complexity index is 1160. The number of benzene rings is 1. The van der Waals surface area contributed by atoms with Crippen molar-refractivity contribution in [3.63, 3.8) is 0 Å². The van der Waals surface area contributed by atoms with Crippen LogP contribution in [0.2, 0.25) is 0 Å². The van der Waals surface area contributed by atoms with Gasteiger partial charge in [-0.05, 0) is 17.2 Å². The quantitative estimate of drug-likeness (QED) is 0.319. The van der Waals surface area contributed by atoms with Crippen LogP contribution in [-0.4, -0.2) is 37.1 Å². The number of pyridine rings is 1. The van der Waals surface area contributed by atoms with Crippen molar-refractivity contribution in [3.05, 3.63) is 93.2 Å². The first-order chi connectivity index (χ1) is 16.6. The summed E-state index contributed by atoms with van der Waals surface area (Å²) in [6, 6.07) is 13.3. The summed E-state index contributed by atoms with van der Waals surface area (Å²) in [6.07, 6.45) is 9.52. The van der Waals surface area contributed by atoms with Crippen molar-refractivity contribution in [3.8, 4) is 0 Å². The third-order valence-corrected chi connectivity index (χ3v) is 6.46. The molecule has 1 amide bonds. The fraction of sp³-hybridized carbons (Fsp3) is 0.208. The maximum Gasteiger partial charge on any atom is 0.230 e. The van der Waals surface area contributed by atoms with E-state index in [1.165, 1.54) is 22.7 Å². The Morgan fingerprint density at radius 1 is 0.765 bits per heavy atom. The Labute approximate surface area is 204 Å². The number of carbonyl (C=O) groups is 2. The average Bonchev–Trinajstić information content (AvgIpc) is 3.47. The molecule has 0 saturated carbocycles. The number of anilines is 1. The summed E-state index contributed by atoms with van der Waals surface area (Å²) in [6.45, 7) is 0. The maximum atomic E-state index is 12.3. The number of Topliss-reactive ketones (excluding diaryl/α,β-unsaturated/α-hetero) is 1. The molecule has 0 spiro atoms. The number of carbonyl (C=O) groups excluding carboxylic acids is 2.